The Hall–Kier alpha value is -2.99. The van der Waals surface area contributed by atoms with Crippen molar-refractivity contribution in [1.82, 2.24) is 9.55 Å². The molecule has 0 aliphatic carbocycles. The molecule has 0 radical (unpaired) electrons. The molecule has 1 atom stereocenters. The smallest absolute Gasteiger partial charge is 0.269 e. The van der Waals surface area contributed by atoms with Crippen LogP contribution in [0.5, 0.6) is 0 Å². The van der Waals surface area contributed by atoms with Gasteiger partial charge in [-0.05, 0) is 30.2 Å². The van der Waals surface area contributed by atoms with Crippen LogP contribution in [0.3, 0.4) is 0 Å². The molecule has 1 aromatic heterocycles. The number of nitro groups is 1. The first-order valence-electron chi connectivity index (χ1n) is 8.01. The number of benzene rings is 2. The molecule has 0 fully saturated rings. The monoisotopic (exact) mass is 337 g/mol. The summed E-state index contributed by atoms with van der Waals surface area (Å²) in [5, 5.41) is 10.7. The summed E-state index contributed by atoms with van der Waals surface area (Å²) in [7, 11) is 0. The second kappa shape index (κ2) is 7.72. The molecule has 0 saturated heterocycles. The van der Waals surface area contributed by atoms with Gasteiger partial charge >= 0.3 is 0 Å². The average molecular weight is 337 g/mol. The van der Waals surface area contributed by atoms with Gasteiger partial charge < -0.3 is 9.30 Å². The van der Waals surface area contributed by atoms with Crippen LogP contribution in [-0.2, 0) is 17.9 Å². The van der Waals surface area contributed by atoms with E-state index in [4.69, 9.17) is 4.74 Å². The van der Waals surface area contributed by atoms with Gasteiger partial charge in [-0.15, -0.1) is 0 Å². The number of hydrogen-bond acceptors (Lipinski definition) is 4. The molecule has 0 aliphatic rings. The Balaban J connectivity index is 1.73. The molecular weight excluding hydrogens is 318 g/mol. The lowest BCUT2D eigenvalue weighted by Gasteiger charge is -2.20. The van der Waals surface area contributed by atoms with Crippen LogP contribution in [0.25, 0.3) is 0 Å². The summed E-state index contributed by atoms with van der Waals surface area (Å²) in [5.41, 5.74) is 2.06. The summed E-state index contributed by atoms with van der Waals surface area (Å²) in [4.78, 5) is 14.6. The maximum absolute atomic E-state index is 10.7. The van der Waals surface area contributed by atoms with Gasteiger partial charge in [0.15, 0.2) is 0 Å². The fourth-order valence-corrected chi connectivity index (χ4v) is 2.61. The second-order valence-electron chi connectivity index (χ2n) is 5.76. The lowest BCUT2D eigenvalue weighted by molar-refractivity contribution is -0.384. The summed E-state index contributed by atoms with van der Waals surface area (Å²) < 4.78 is 8.17. The van der Waals surface area contributed by atoms with E-state index in [1.807, 2.05) is 48.0 Å². The van der Waals surface area contributed by atoms with E-state index < -0.39 is 4.92 Å². The third-order valence-corrected chi connectivity index (χ3v) is 4.06. The Morgan fingerprint density at radius 3 is 2.48 bits per heavy atom. The number of hydrogen-bond donors (Lipinski definition) is 0. The molecule has 6 nitrogen and oxygen atoms in total. The van der Waals surface area contributed by atoms with Gasteiger partial charge in [-0.2, -0.15) is 0 Å². The fourth-order valence-electron chi connectivity index (χ4n) is 2.61. The van der Waals surface area contributed by atoms with E-state index >= 15 is 0 Å². The topological polar surface area (TPSA) is 70.2 Å². The standard InChI is InChI=1S/C19H19N3O3/c1-15-20-11-12-21(15)13-19(17-5-3-2-4-6-17)25-14-16-7-9-18(10-8-16)22(23)24/h2-12,19H,13-14H2,1H3. The first kappa shape index (κ1) is 16.9. The lowest BCUT2D eigenvalue weighted by Crippen LogP contribution is -2.13. The van der Waals surface area contributed by atoms with Gasteiger partial charge in [0, 0.05) is 24.5 Å². The van der Waals surface area contributed by atoms with Crippen LogP contribution in [0, 0.1) is 17.0 Å². The number of rotatable bonds is 7. The zero-order chi connectivity index (χ0) is 17.6. The van der Waals surface area contributed by atoms with Crippen molar-refractivity contribution in [3.05, 3.63) is 94.1 Å². The molecule has 1 unspecified atom stereocenters. The third-order valence-electron chi connectivity index (χ3n) is 4.06. The van der Waals surface area contributed by atoms with E-state index in [9.17, 15) is 10.1 Å². The number of ether oxygens (including phenoxy) is 1. The third kappa shape index (κ3) is 4.30. The Morgan fingerprint density at radius 2 is 1.88 bits per heavy atom. The van der Waals surface area contributed by atoms with Crippen molar-refractivity contribution in [2.24, 2.45) is 0 Å². The quantitative estimate of drug-likeness (QED) is 0.481. The molecule has 3 rings (SSSR count). The number of aryl methyl sites for hydroxylation is 1. The highest BCUT2D eigenvalue weighted by Gasteiger charge is 2.14. The van der Waals surface area contributed by atoms with Crippen molar-refractivity contribution in [2.75, 3.05) is 0 Å². The predicted octanol–water partition coefficient (Wildman–Crippen LogP) is 4.06. The molecule has 2 aromatic carbocycles. The van der Waals surface area contributed by atoms with E-state index in [2.05, 4.69) is 4.98 Å². The molecule has 128 valence electrons. The molecule has 0 spiro atoms. The average Bonchev–Trinajstić information content (AvgIpc) is 3.04. The SMILES string of the molecule is Cc1nccn1CC(OCc1ccc([N+](=O)[O-])cc1)c1ccccc1. The number of non-ortho nitro benzene ring substituents is 1. The minimum Gasteiger partial charge on any atom is -0.367 e. The van der Waals surface area contributed by atoms with Crippen LogP contribution in [-0.4, -0.2) is 14.5 Å². The van der Waals surface area contributed by atoms with Crippen LogP contribution in [0.4, 0.5) is 5.69 Å². The van der Waals surface area contributed by atoms with Gasteiger partial charge in [0.2, 0.25) is 0 Å². The van der Waals surface area contributed by atoms with E-state index in [-0.39, 0.29) is 11.8 Å². The van der Waals surface area contributed by atoms with Gasteiger partial charge in [-0.3, -0.25) is 10.1 Å². The van der Waals surface area contributed by atoms with Gasteiger partial charge in [0.25, 0.3) is 5.69 Å². The summed E-state index contributed by atoms with van der Waals surface area (Å²) in [6.45, 7) is 2.99. The van der Waals surface area contributed by atoms with E-state index in [0.29, 0.717) is 13.2 Å². The molecule has 6 heteroatoms. The Labute approximate surface area is 145 Å². The Morgan fingerprint density at radius 1 is 1.16 bits per heavy atom. The Bertz CT molecular complexity index is 829. The first-order chi connectivity index (χ1) is 12.1. The number of nitrogens with zero attached hydrogens (tertiary/aromatic N) is 3. The Kier molecular flexibility index (Phi) is 5.20. The summed E-state index contributed by atoms with van der Waals surface area (Å²) >= 11 is 0. The molecule has 3 aromatic rings. The van der Waals surface area contributed by atoms with Gasteiger partial charge in [-0.25, -0.2) is 4.98 Å². The normalized spacial score (nSPS) is 12.0. The fraction of sp³-hybridized carbons (Fsp3) is 0.211. The largest absolute Gasteiger partial charge is 0.367 e. The summed E-state index contributed by atoms with van der Waals surface area (Å²) in [6, 6.07) is 16.5. The molecule has 25 heavy (non-hydrogen) atoms. The van der Waals surface area contributed by atoms with E-state index in [0.717, 1.165) is 17.0 Å². The van der Waals surface area contributed by atoms with Crippen molar-refractivity contribution in [2.45, 2.75) is 26.2 Å². The second-order valence-corrected chi connectivity index (χ2v) is 5.76. The van der Waals surface area contributed by atoms with E-state index in [1.165, 1.54) is 12.1 Å². The number of nitro benzene ring substituents is 1. The minimum atomic E-state index is -0.404. The zero-order valence-electron chi connectivity index (χ0n) is 13.9. The zero-order valence-corrected chi connectivity index (χ0v) is 13.9. The van der Waals surface area contributed by atoms with Crippen LogP contribution in [0.15, 0.2) is 67.0 Å². The predicted molar refractivity (Wildman–Crippen MR) is 94.0 cm³/mol. The van der Waals surface area contributed by atoms with Crippen LogP contribution in [0.2, 0.25) is 0 Å². The molecule has 0 N–H and O–H groups in total. The summed E-state index contributed by atoms with van der Waals surface area (Å²) in [6.07, 6.45) is 3.57. The molecule has 1 heterocycles. The first-order valence-corrected chi connectivity index (χ1v) is 8.01. The highest BCUT2D eigenvalue weighted by molar-refractivity contribution is 5.32. The van der Waals surface area contributed by atoms with Crippen LogP contribution < -0.4 is 0 Å². The minimum absolute atomic E-state index is 0.0809. The molecular formula is C19H19N3O3. The van der Waals surface area contributed by atoms with Crippen molar-refractivity contribution >= 4 is 5.69 Å². The molecule has 0 saturated carbocycles. The van der Waals surface area contributed by atoms with Crippen LogP contribution in [0.1, 0.15) is 23.1 Å². The number of aromatic nitrogens is 2. The van der Waals surface area contributed by atoms with E-state index in [1.54, 1.807) is 18.3 Å². The van der Waals surface area contributed by atoms with Gasteiger partial charge in [0.05, 0.1) is 18.1 Å². The summed E-state index contributed by atoms with van der Waals surface area (Å²) in [5.74, 6) is 0.930. The highest BCUT2D eigenvalue weighted by atomic mass is 16.6. The lowest BCUT2D eigenvalue weighted by atomic mass is 10.1. The maximum Gasteiger partial charge on any atom is 0.269 e. The van der Waals surface area contributed by atoms with Crippen molar-refractivity contribution < 1.29 is 9.66 Å². The highest BCUT2D eigenvalue weighted by Crippen LogP contribution is 2.22. The maximum atomic E-state index is 10.7. The molecule has 0 bridgehead atoms. The van der Waals surface area contributed by atoms with Crippen molar-refractivity contribution in [3.63, 3.8) is 0 Å². The number of imidazole rings is 1. The molecule has 0 amide bonds. The van der Waals surface area contributed by atoms with Crippen LogP contribution >= 0.6 is 0 Å². The molecule has 0 aliphatic heterocycles. The van der Waals surface area contributed by atoms with Crippen molar-refractivity contribution in [3.8, 4) is 0 Å². The van der Waals surface area contributed by atoms with Gasteiger partial charge in [-0.1, -0.05) is 30.3 Å². The van der Waals surface area contributed by atoms with Crippen molar-refractivity contribution in [1.29, 1.82) is 0 Å². The van der Waals surface area contributed by atoms with Gasteiger partial charge in [0.1, 0.15) is 11.9 Å².